The monoisotopic (exact) mass is 260 g/mol. The van der Waals surface area contributed by atoms with Gasteiger partial charge in [0.15, 0.2) is 0 Å². The van der Waals surface area contributed by atoms with Gasteiger partial charge in [-0.2, -0.15) is 36.2 Å². The quantitative estimate of drug-likeness (QED) is 0.361. The summed E-state index contributed by atoms with van der Waals surface area (Å²) in [6.45, 7) is 0. The Morgan fingerprint density at radius 2 is 1.00 bits per heavy atom. The Bertz CT molecular complexity index is 67.5. The van der Waals surface area contributed by atoms with E-state index in [0.717, 1.165) is 0 Å². The third-order valence-corrected chi connectivity index (χ3v) is 30.8. The number of thiol groups is 3. The third-order valence-electron chi connectivity index (χ3n) is 0.380. The molecule has 0 aliphatic rings. The molecule has 0 N–H and O–H groups in total. The van der Waals surface area contributed by atoms with Crippen LogP contribution < -0.4 is 0 Å². The number of halogens is 3. The average molecular weight is 262 g/mol. The molecule has 0 aliphatic heterocycles. The van der Waals surface area contributed by atoms with Crippen molar-refractivity contribution >= 4 is 80.0 Å². The van der Waals surface area contributed by atoms with Crippen molar-refractivity contribution in [3.63, 3.8) is 0 Å². The van der Waals surface area contributed by atoms with Crippen LogP contribution in [-0.4, -0.2) is 10.6 Å². The first-order chi connectivity index (χ1) is 3.25. The molecule has 50 valence electrons. The van der Waals surface area contributed by atoms with Gasteiger partial charge in [-0.3, -0.25) is 0 Å². The minimum Gasteiger partial charge on any atom is -0.179 e. The molecule has 0 amide bonds. The summed E-state index contributed by atoms with van der Waals surface area (Å²) in [4.78, 5) is 0. The molecule has 0 bridgehead atoms. The summed E-state index contributed by atoms with van der Waals surface area (Å²) in [5, 5.41) is -2.34. The van der Waals surface area contributed by atoms with Gasteiger partial charge in [0.1, 0.15) is 0 Å². The summed E-state index contributed by atoms with van der Waals surface area (Å²) in [6.07, 6.45) is 0. The molecule has 8 heteroatoms. The van der Waals surface area contributed by atoms with Crippen LogP contribution in [0.15, 0.2) is 0 Å². The van der Waals surface area contributed by atoms with Crippen molar-refractivity contribution < 1.29 is 0 Å². The van der Waals surface area contributed by atoms with Gasteiger partial charge >= 0.3 is 5.52 Å². The lowest BCUT2D eigenvalue weighted by molar-refractivity contribution is 3.65. The fraction of sp³-hybridized carbons (Fsp3) is 0. The zero-order chi connectivity index (χ0) is 7.00. The highest BCUT2D eigenvalue weighted by atomic mass is 35.8. The zero-order valence-electron chi connectivity index (χ0n) is 3.48. The van der Waals surface area contributed by atoms with Crippen LogP contribution >= 0.6 is 69.5 Å². The molecular weight excluding hydrogens is 259 g/mol. The van der Waals surface area contributed by atoms with Crippen LogP contribution in [0.1, 0.15) is 0 Å². The van der Waals surface area contributed by atoms with Crippen LogP contribution in [0.3, 0.4) is 0 Å². The molecule has 0 aliphatic carbocycles. The maximum absolute atomic E-state index is 5.51. The van der Waals surface area contributed by atoms with Gasteiger partial charge < -0.3 is 0 Å². The van der Waals surface area contributed by atoms with Crippen molar-refractivity contribution in [1.82, 2.24) is 0 Å². The van der Waals surface area contributed by atoms with Crippen LogP contribution in [0.4, 0.5) is 0 Å². The topological polar surface area (TPSA) is 0 Å². The summed E-state index contributed by atoms with van der Waals surface area (Å²) in [7, 11) is 0. The molecule has 0 saturated heterocycles. The van der Waals surface area contributed by atoms with Crippen molar-refractivity contribution in [2.24, 2.45) is 0 Å². The van der Waals surface area contributed by atoms with E-state index in [2.05, 4.69) is 36.2 Å². The lowest BCUT2D eigenvalue weighted by Gasteiger charge is -2.17. The molecule has 0 aromatic carbocycles. The maximum atomic E-state index is 5.51. The predicted octanol–water partition coefficient (Wildman–Crippen LogP) is 2.45. The Labute approximate surface area is 79.3 Å². The fourth-order valence-corrected chi connectivity index (χ4v) is 0. The molecule has 0 spiro atoms. The van der Waals surface area contributed by atoms with Crippen LogP contribution in [0.2, 0.25) is 0 Å². The van der Waals surface area contributed by atoms with E-state index in [-0.39, 0.29) is 0 Å². The van der Waals surface area contributed by atoms with Crippen LogP contribution in [0.5, 0.6) is 0 Å². The van der Waals surface area contributed by atoms with Gasteiger partial charge in [-0.15, -0.1) is 33.2 Å². The van der Waals surface area contributed by atoms with E-state index in [1.807, 2.05) is 0 Å². The minimum atomic E-state index is -2.71. The summed E-state index contributed by atoms with van der Waals surface area (Å²) >= 11 is 28.4. The highest BCUT2D eigenvalue weighted by molar-refractivity contribution is 8.78. The standard InChI is InChI=1S/Cl3H3S3Si2/c1-7(2,3)8(4,5)6/h4-6H. The number of hydrogen-bond donors (Lipinski definition) is 3. The molecule has 0 atom stereocenters. The second kappa shape index (κ2) is 3.17. The van der Waals surface area contributed by atoms with E-state index in [4.69, 9.17) is 33.2 Å². The Hall–Kier alpha value is 2.35. The summed E-state index contributed by atoms with van der Waals surface area (Å²) < 4.78 is 0. The van der Waals surface area contributed by atoms with Gasteiger partial charge in [0, 0.05) is 0 Å². The Morgan fingerprint density at radius 3 is 1.00 bits per heavy atom. The normalized spacial score (nSPS) is 14.2. The highest BCUT2D eigenvalue weighted by Gasteiger charge is 2.47. The van der Waals surface area contributed by atoms with E-state index >= 15 is 0 Å². The Morgan fingerprint density at radius 1 is 0.875 bits per heavy atom. The second-order valence-electron chi connectivity index (χ2n) is 1.13. The van der Waals surface area contributed by atoms with Gasteiger partial charge in [-0.1, -0.05) is 0 Å². The van der Waals surface area contributed by atoms with Gasteiger partial charge in [0.05, 0.1) is 0 Å². The van der Waals surface area contributed by atoms with E-state index in [0.29, 0.717) is 0 Å². The largest absolute Gasteiger partial charge is 0.358 e. The van der Waals surface area contributed by atoms with Crippen molar-refractivity contribution in [3.05, 3.63) is 0 Å². The van der Waals surface area contributed by atoms with Crippen LogP contribution in [0, 0.1) is 0 Å². The van der Waals surface area contributed by atoms with Gasteiger partial charge in [-0.05, 0) is 0 Å². The molecule has 0 heterocycles. The number of hydrogen-bond acceptors (Lipinski definition) is 3. The second-order valence-corrected chi connectivity index (χ2v) is 30.6. The molecule has 0 aromatic heterocycles. The molecule has 8 heavy (non-hydrogen) atoms. The third kappa shape index (κ3) is 3.50. The molecule has 0 aromatic rings. The first-order valence-corrected chi connectivity index (χ1v) is 13.4. The van der Waals surface area contributed by atoms with Crippen molar-refractivity contribution in [3.8, 4) is 0 Å². The Balaban J connectivity index is 4.02. The van der Waals surface area contributed by atoms with Crippen molar-refractivity contribution in [2.75, 3.05) is 0 Å². The predicted molar refractivity (Wildman–Crippen MR) is 56.0 cm³/mol. The molecule has 0 nitrogen and oxygen atoms in total. The van der Waals surface area contributed by atoms with Crippen molar-refractivity contribution in [2.45, 2.75) is 0 Å². The first-order valence-electron chi connectivity index (χ1n) is 1.49. The van der Waals surface area contributed by atoms with E-state index < -0.39 is 10.6 Å². The zero-order valence-corrected chi connectivity index (χ0v) is 10.4. The Kier molecular flexibility index (Phi) is 4.10. The van der Waals surface area contributed by atoms with Crippen molar-refractivity contribution in [1.29, 1.82) is 0 Å². The lowest BCUT2D eigenvalue weighted by Crippen LogP contribution is -2.37. The SMILES string of the molecule is S[Si](S)(S)[Si](Cl)(Cl)Cl. The molecule has 0 unspecified atom stereocenters. The summed E-state index contributed by atoms with van der Waals surface area (Å²) in [5.41, 5.74) is -2.71. The molecule has 0 saturated carbocycles. The minimum absolute atomic E-state index is 2.34. The summed E-state index contributed by atoms with van der Waals surface area (Å²) in [6, 6.07) is 0. The molecular formula is H3Cl3S3Si2. The van der Waals surface area contributed by atoms with E-state index in [1.54, 1.807) is 0 Å². The molecule has 0 fully saturated rings. The first kappa shape index (κ1) is 10.4. The number of rotatable bonds is 1. The van der Waals surface area contributed by atoms with Crippen LogP contribution in [0.25, 0.3) is 0 Å². The lowest BCUT2D eigenvalue weighted by atomic mass is 26.6. The van der Waals surface area contributed by atoms with Gasteiger partial charge in [-0.25, -0.2) is 0 Å². The molecule has 0 rings (SSSR count). The average Bonchev–Trinajstić information content (AvgIpc) is 1.25. The van der Waals surface area contributed by atoms with Gasteiger partial charge in [0.2, 0.25) is 0 Å². The summed E-state index contributed by atoms with van der Waals surface area (Å²) in [5.74, 6) is 0. The van der Waals surface area contributed by atoms with E-state index in [9.17, 15) is 0 Å². The smallest absolute Gasteiger partial charge is 0.179 e. The fourth-order valence-electron chi connectivity index (χ4n) is 0. The maximum Gasteiger partial charge on any atom is 0.358 e. The van der Waals surface area contributed by atoms with Gasteiger partial charge in [0.25, 0.3) is 5.04 Å². The van der Waals surface area contributed by atoms with Crippen LogP contribution in [-0.2, 0) is 0 Å². The highest BCUT2D eigenvalue weighted by Crippen LogP contribution is 2.38. The molecule has 0 radical (unpaired) electrons. The van der Waals surface area contributed by atoms with E-state index in [1.165, 1.54) is 0 Å².